The van der Waals surface area contributed by atoms with Gasteiger partial charge in [0, 0.05) is 63.8 Å². The number of rotatable bonds is 8. The average Bonchev–Trinajstić information content (AvgIpc) is 3.21. The molecule has 2 aliphatic rings. The van der Waals surface area contributed by atoms with Gasteiger partial charge in [-0.2, -0.15) is 0 Å². The Morgan fingerprint density at radius 1 is 1.09 bits per heavy atom. The number of nitrogens with one attached hydrogen (secondary N) is 1. The number of anilines is 3. The summed E-state index contributed by atoms with van der Waals surface area (Å²) in [5.41, 5.74) is 10.6. The van der Waals surface area contributed by atoms with Crippen LogP contribution in [0.3, 0.4) is 0 Å². The Kier molecular flexibility index (Phi) is 8.09. The number of hydrogen-bond acceptors (Lipinski definition) is 9. The summed E-state index contributed by atoms with van der Waals surface area (Å²) in [4.78, 5) is 44.9. The number of aryl methyl sites for hydroxylation is 1. The molecule has 0 aliphatic carbocycles. The summed E-state index contributed by atoms with van der Waals surface area (Å²) in [6.07, 6.45) is 5.08. The van der Waals surface area contributed by atoms with Crippen LogP contribution in [0.4, 0.5) is 17.5 Å². The fourth-order valence-corrected chi connectivity index (χ4v) is 5.93. The Morgan fingerprint density at radius 3 is 2.57 bits per heavy atom. The first-order valence-electron chi connectivity index (χ1n) is 15.0. The van der Waals surface area contributed by atoms with Crippen LogP contribution in [0, 0.1) is 13.8 Å². The standard InChI is InChI=1S/C32H39N9O3/c1-20-7-5-6-8-23(20)17-41-32(43)28(21(2)38(41)3)31(42)36-24-10-13-39(14-11-24)30-29(33)35-16-26(37-30)22-9-12-34-27(15-22)40-18-25(19-40)44-4/h5-9,12,15-16,24-25H,10-11,13-14,17-19H2,1-4H3,(H2,33,35)(H,36,42). The van der Waals surface area contributed by atoms with E-state index in [2.05, 4.69) is 25.1 Å². The molecule has 44 heavy (non-hydrogen) atoms. The molecule has 3 N–H and O–H groups in total. The number of nitrogens with zero attached hydrogens (tertiary/aromatic N) is 7. The number of nitrogen functional groups attached to an aromatic ring is 1. The van der Waals surface area contributed by atoms with E-state index in [0.717, 1.165) is 41.3 Å². The summed E-state index contributed by atoms with van der Waals surface area (Å²) in [7, 11) is 3.54. The monoisotopic (exact) mass is 597 g/mol. The van der Waals surface area contributed by atoms with Crippen molar-refractivity contribution in [2.45, 2.75) is 45.4 Å². The van der Waals surface area contributed by atoms with Gasteiger partial charge >= 0.3 is 0 Å². The summed E-state index contributed by atoms with van der Waals surface area (Å²) in [6.45, 7) is 7.15. The maximum absolute atomic E-state index is 13.4. The highest BCUT2D eigenvalue weighted by Crippen LogP contribution is 2.29. The molecule has 1 amide bonds. The smallest absolute Gasteiger partial charge is 0.280 e. The largest absolute Gasteiger partial charge is 0.381 e. The van der Waals surface area contributed by atoms with Crippen LogP contribution < -0.4 is 26.4 Å². The first kappa shape index (κ1) is 29.4. The molecular formula is C32H39N9O3. The summed E-state index contributed by atoms with van der Waals surface area (Å²) in [6, 6.07) is 11.8. The number of aromatic nitrogens is 5. The number of amides is 1. The van der Waals surface area contributed by atoms with Crippen LogP contribution in [0.1, 0.15) is 40.0 Å². The second-order valence-corrected chi connectivity index (χ2v) is 11.6. The fraction of sp³-hybridized carbons (Fsp3) is 0.406. The number of carbonyl (C=O) groups excluding carboxylic acids is 1. The van der Waals surface area contributed by atoms with Crippen LogP contribution >= 0.6 is 0 Å². The van der Waals surface area contributed by atoms with Crippen molar-refractivity contribution in [3.8, 4) is 11.3 Å². The lowest BCUT2D eigenvalue weighted by molar-refractivity contribution is 0.0783. The highest BCUT2D eigenvalue weighted by molar-refractivity contribution is 5.95. The van der Waals surface area contributed by atoms with Crippen LogP contribution in [0.25, 0.3) is 11.3 Å². The molecule has 1 aromatic carbocycles. The second-order valence-electron chi connectivity index (χ2n) is 11.6. The van der Waals surface area contributed by atoms with Crippen LogP contribution in [0.5, 0.6) is 0 Å². The number of ether oxygens (including phenoxy) is 1. The molecule has 12 nitrogen and oxygen atoms in total. The number of hydrogen-bond donors (Lipinski definition) is 2. The van der Waals surface area contributed by atoms with E-state index in [9.17, 15) is 9.59 Å². The van der Waals surface area contributed by atoms with E-state index in [1.807, 2.05) is 57.3 Å². The molecule has 2 aliphatic heterocycles. The zero-order chi connectivity index (χ0) is 31.0. The highest BCUT2D eigenvalue weighted by Gasteiger charge is 2.29. The Balaban J connectivity index is 1.11. The normalized spacial score (nSPS) is 15.8. The Bertz CT molecular complexity index is 1730. The molecular weight excluding hydrogens is 558 g/mol. The van der Waals surface area contributed by atoms with Crippen molar-refractivity contribution < 1.29 is 9.53 Å². The topological polar surface area (TPSA) is 136 Å². The molecule has 6 rings (SSSR count). The minimum absolute atomic E-state index is 0.0739. The minimum atomic E-state index is -0.334. The minimum Gasteiger partial charge on any atom is -0.381 e. The highest BCUT2D eigenvalue weighted by atomic mass is 16.5. The molecule has 2 saturated heterocycles. The summed E-state index contributed by atoms with van der Waals surface area (Å²) in [5, 5.41) is 3.11. The van der Waals surface area contributed by atoms with Crippen molar-refractivity contribution in [1.82, 2.24) is 29.6 Å². The lowest BCUT2D eigenvalue weighted by atomic mass is 10.0. The zero-order valence-electron chi connectivity index (χ0n) is 25.7. The predicted molar refractivity (Wildman–Crippen MR) is 170 cm³/mol. The predicted octanol–water partition coefficient (Wildman–Crippen LogP) is 2.52. The van der Waals surface area contributed by atoms with Crippen LogP contribution in [-0.2, 0) is 18.3 Å². The van der Waals surface area contributed by atoms with Crippen molar-refractivity contribution in [2.75, 3.05) is 48.8 Å². The molecule has 2 fully saturated rings. The molecule has 230 valence electrons. The Labute approximate surface area is 256 Å². The van der Waals surface area contributed by atoms with Gasteiger partial charge in [-0.25, -0.2) is 19.6 Å². The Hall–Kier alpha value is -4.71. The molecule has 0 spiro atoms. The van der Waals surface area contributed by atoms with Crippen molar-refractivity contribution in [1.29, 1.82) is 0 Å². The number of carbonyl (C=O) groups is 1. The lowest BCUT2D eigenvalue weighted by Crippen LogP contribution is -2.52. The fourth-order valence-electron chi connectivity index (χ4n) is 5.93. The first-order chi connectivity index (χ1) is 21.2. The van der Waals surface area contributed by atoms with Crippen molar-refractivity contribution >= 4 is 23.4 Å². The van der Waals surface area contributed by atoms with E-state index in [1.165, 1.54) is 0 Å². The van der Waals surface area contributed by atoms with E-state index >= 15 is 0 Å². The maximum Gasteiger partial charge on any atom is 0.280 e. The van der Waals surface area contributed by atoms with Gasteiger partial charge in [0.05, 0.1) is 24.5 Å². The van der Waals surface area contributed by atoms with Crippen LogP contribution in [0.2, 0.25) is 0 Å². The van der Waals surface area contributed by atoms with E-state index in [4.69, 9.17) is 15.5 Å². The van der Waals surface area contributed by atoms with Gasteiger partial charge in [0.2, 0.25) is 0 Å². The summed E-state index contributed by atoms with van der Waals surface area (Å²) < 4.78 is 8.78. The SMILES string of the molecule is COC1CN(c2cc(-c3cnc(N)c(N4CCC(NC(=O)c5c(C)n(C)n(Cc6ccccc6C)c5=O)CC4)n3)ccn2)C1. The van der Waals surface area contributed by atoms with E-state index in [1.54, 1.807) is 28.9 Å². The Morgan fingerprint density at radius 2 is 1.84 bits per heavy atom. The molecule has 12 heteroatoms. The molecule has 4 aromatic rings. The van der Waals surface area contributed by atoms with E-state index in [0.29, 0.717) is 49.8 Å². The van der Waals surface area contributed by atoms with Gasteiger partial charge in [0.25, 0.3) is 11.5 Å². The van der Waals surface area contributed by atoms with Gasteiger partial charge in [0.15, 0.2) is 11.6 Å². The van der Waals surface area contributed by atoms with Gasteiger partial charge in [-0.15, -0.1) is 0 Å². The van der Waals surface area contributed by atoms with E-state index in [-0.39, 0.29) is 29.2 Å². The van der Waals surface area contributed by atoms with Crippen molar-refractivity contribution in [2.24, 2.45) is 7.05 Å². The quantitative estimate of drug-likeness (QED) is 0.314. The molecule has 0 radical (unpaired) electrons. The molecule has 0 unspecified atom stereocenters. The third kappa shape index (κ3) is 5.64. The van der Waals surface area contributed by atoms with E-state index < -0.39 is 0 Å². The molecule has 0 bridgehead atoms. The van der Waals surface area contributed by atoms with Crippen LogP contribution in [0.15, 0.2) is 53.6 Å². The molecule has 0 atom stereocenters. The van der Waals surface area contributed by atoms with Gasteiger partial charge < -0.3 is 25.6 Å². The summed E-state index contributed by atoms with van der Waals surface area (Å²) >= 11 is 0. The van der Waals surface area contributed by atoms with Crippen LogP contribution in [-0.4, -0.2) is 75.7 Å². The first-order valence-corrected chi connectivity index (χ1v) is 15.0. The number of methoxy groups -OCH3 is 1. The van der Waals surface area contributed by atoms with Gasteiger partial charge in [-0.3, -0.25) is 14.3 Å². The third-order valence-electron chi connectivity index (χ3n) is 8.92. The number of piperidine rings is 1. The third-order valence-corrected chi connectivity index (χ3v) is 8.92. The average molecular weight is 598 g/mol. The van der Waals surface area contributed by atoms with Crippen molar-refractivity contribution in [3.63, 3.8) is 0 Å². The maximum atomic E-state index is 13.4. The molecule has 3 aromatic heterocycles. The van der Waals surface area contributed by atoms with Gasteiger partial charge in [-0.05, 0) is 49.9 Å². The van der Waals surface area contributed by atoms with Gasteiger partial charge in [0.1, 0.15) is 11.4 Å². The molecule has 0 saturated carbocycles. The summed E-state index contributed by atoms with van der Waals surface area (Å²) in [5.74, 6) is 1.54. The number of pyridine rings is 1. The number of nitrogens with two attached hydrogens (primary N) is 1. The second kappa shape index (κ2) is 12.1. The number of benzene rings is 1. The van der Waals surface area contributed by atoms with Gasteiger partial charge in [-0.1, -0.05) is 24.3 Å². The van der Waals surface area contributed by atoms with Crippen molar-refractivity contribution in [3.05, 3.63) is 81.5 Å². The lowest BCUT2D eigenvalue weighted by Gasteiger charge is -2.39. The molecule has 5 heterocycles. The zero-order valence-corrected chi connectivity index (χ0v) is 25.7.